The van der Waals surface area contributed by atoms with Crippen molar-refractivity contribution in [2.75, 3.05) is 31.2 Å². The van der Waals surface area contributed by atoms with Gasteiger partial charge >= 0.3 is 0 Å². The van der Waals surface area contributed by atoms with Gasteiger partial charge in [-0.2, -0.15) is 0 Å². The van der Waals surface area contributed by atoms with Gasteiger partial charge in [-0.25, -0.2) is 15.0 Å². The third-order valence-electron chi connectivity index (χ3n) is 5.15. The number of nitrogens with one attached hydrogen (secondary N) is 2. The first-order valence-corrected chi connectivity index (χ1v) is 9.55. The third kappa shape index (κ3) is 3.59. The summed E-state index contributed by atoms with van der Waals surface area (Å²) in [6, 6.07) is 14.6. The van der Waals surface area contributed by atoms with E-state index in [2.05, 4.69) is 57.5 Å². The van der Waals surface area contributed by atoms with Gasteiger partial charge in [0.15, 0.2) is 0 Å². The van der Waals surface area contributed by atoms with Crippen molar-refractivity contribution < 1.29 is 4.79 Å². The fraction of sp³-hybridized carbons (Fsp3) is 0.333. The quantitative estimate of drug-likeness (QED) is 0.732. The summed E-state index contributed by atoms with van der Waals surface area (Å²) in [4.78, 5) is 21.1. The van der Waals surface area contributed by atoms with Crippen molar-refractivity contribution in [1.82, 2.24) is 20.3 Å². The molecule has 4 rings (SSSR count). The lowest BCUT2D eigenvalue weighted by molar-refractivity contribution is -0.123. The summed E-state index contributed by atoms with van der Waals surface area (Å²) < 4.78 is 0. The molecule has 0 aliphatic carbocycles. The average Bonchev–Trinajstić information content (AvgIpc) is 3.24. The zero-order chi connectivity index (χ0) is 18.6. The molecule has 6 nitrogen and oxygen atoms in total. The number of fused-ring (bicyclic) bond motifs is 1. The molecular formula is C21H25N5O. The van der Waals surface area contributed by atoms with Crippen LogP contribution in [-0.2, 0) is 4.79 Å². The number of carbonyl (C=O) groups is 1. The predicted octanol–water partition coefficient (Wildman–Crippen LogP) is 2.91. The fourth-order valence-electron chi connectivity index (χ4n) is 3.73. The molecule has 0 spiro atoms. The number of H-pyrrole nitrogens is 1. The van der Waals surface area contributed by atoms with Crippen LogP contribution in [0.3, 0.4) is 0 Å². The van der Waals surface area contributed by atoms with Crippen LogP contribution in [0.15, 0.2) is 54.9 Å². The van der Waals surface area contributed by atoms with E-state index in [4.69, 9.17) is 0 Å². The molecule has 27 heavy (non-hydrogen) atoms. The van der Waals surface area contributed by atoms with Gasteiger partial charge in [-0.05, 0) is 22.8 Å². The van der Waals surface area contributed by atoms with Crippen molar-refractivity contribution in [3.63, 3.8) is 0 Å². The average molecular weight is 363 g/mol. The van der Waals surface area contributed by atoms with Gasteiger partial charge in [0.2, 0.25) is 5.95 Å². The minimum atomic E-state index is -0.213. The molecule has 1 atom stereocenters. The van der Waals surface area contributed by atoms with Crippen LogP contribution in [0.5, 0.6) is 0 Å². The van der Waals surface area contributed by atoms with Crippen LogP contribution in [0, 0.1) is 0 Å². The van der Waals surface area contributed by atoms with E-state index in [-0.39, 0.29) is 11.8 Å². The summed E-state index contributed by atoms with van der Waals surface area (Å²) >= 11 is 0. The summed E-state index contributed by atoms with van der Waals surface area (Å²) in [5.41, 5.74) is 1.05. The molecule has 3 aromatic rings. The van der Waals surface area contributed by atoms with Crippen molar-refractivity contribution in [3.05, 3.63) is 60.4 Å². The Hall–Kier alpha value is -2.70. The van der Waals surface area contributed by atoms with Crippen molar-refractivity contribution in [1.29, 1.82) is 0 Å². The number of aromatic amines is 1. The predicted molar refractivity (Wildman–Crippen MR) is 107 cm³/mol. The van der Waals surface area contributed by atoms with E-state index in [1.807, 2.05) is 12.1 Å². The number of nitrogens with zero attached hydrogens (tertiary/aromatic N) is 3. The number of piperazine rings is 1. The van der Waals surface area contributed by atoms with Gasteiger partial charge < -0.3 is 10.3 Å². The molecule has 1 aromatic heterocycles. The Labute approximate surface area is 159 Å². The van der Waals surface area contributed by atoms with Crippen LogP contribution in [0.25, 0.3) is 10.8 Å². The number of benzene rings is 2. The second-order valence-electron chi connectivity index (χ2n) is 6.83. The minimum Gasteiger partial charge on any atom is -0.329 e. The van der Waals surface area contributed by atoms with E-state index < -0.39 is 0 Å². The topological polar surface area (TPSA) is 64.3 Å². The second kappa shape index (κ2) is 7.90. The van der Waals surface area contributed by atoms with E-state index in [1.54, 1.807) is 17.4 Å². The summed E-state index contributed by atoms with van der Waals surface area (Å²) in [7, 11) is 0. The monoisotopic (exact) mass is 363 g/mol. The Balaban J connectivity index is 1.68. The van der Waals surface area contributed by atoms with Crippen LogP contribution >= 0.6 is 0 Å². The van der Waals surface area contributed by atoms with Gasteiger partial charge in [-0.1, -0.05) is 49.4 Å². The van der Waals surface area contributed by atoms with E-state index in [9.17, 15) is 4.79 Å². The molecule has 1 unspecified atom stereocenters. The van der Waals surface area contributed by atoms with Crippen LogP contribution in [0.4, 0.5) is 5.95 Å². The van der Waals surface area contributed by atoms with Crippen LogP contribution in [-0.4, -0.2) is 47.1 Å². The van der Waals surface area contributed by atoms with Gasteiger partial charge in [0.1, 0.15) is 0 Å². The highest BCUT2D eigenvalue weighted by molar-refractivity contribution is 5.97. The van der Waals surface area contributed by atoms with Crippen LogP contribution < -0.4 is 10.3 Å². The second-order valence-corrected chi connectivity index (χ2v) is 6.83. The number of carbonyl (C=O) groups excluding carboxylic acids is 1. The van der Waals surface area contributed by atoms with E-state index in [1.165, 1.54) is 5.39 Å². The van der Waals surface area contributed by atoms with Crippen molar-refractivity contribution in [2.24, 2.45) is 0 Å². The maximum absolute atomic E-state index is 13.6. The Bertz CT molecular complexity index is 902. The number of rotatable bonds is 5. The summed E-state index contributed by atoms with van der Waals surface area (Å²) in [6.45, 7) is 5.34. The summed E-state index contributed by atoms with van der Waals surface area (Å²) in [5.74, 6) is 0.431. The fourth-order valence-corrected chi connectivity index (χ4v) is 3.73. The van der Waals surface area contributed by atoms with Gasteiger partial charge in [0, 0.05) is 38.6 Å². The number of imidazole rings is 1. The molecular weight excluding hydrogens is 338 g/mol. The Morgan fingerprint density at radius 2 is 1.96 bits per heavy atom. The van der Waals surface area contributed by atoms with Gasteiger partial charge in [-0.15, -0.1) is 0 Å². The van der Waals surface area contributed by atoms with Crippen molar-refractivity contribution in [3.8, 4) is 0 Å². The largest absolute Gasteiger partial charge is 0.329 e. The molecule has 1 amide bonds. The number of hydrazine groups is 1. The lowest BCUT2D eigenvalue weighted by atomic mass is 9.93. The van der Waals surface area contributed by atoms with E-state index >= 15 is 0 Å². The first-order valence-electron chi connectivity index (χ1n) is 9.55. The SMILES string of the molecule is CCC(C(=O)N(c1ncc[nH]1)N1CCNCC1)c1ccc2ccccc2c1. The molecule has 6 heteroatoms. The number of hydrogen-bond acceptors (Lipinski definition) is 4. The summed E-state index contributed by atoms with van der Waals surface area (Å²) in [6.07, 6.45) is 4.18. The number of hydrogen-bond donors (Lipinski definition) is 2. The zero-order valence-electron chi connectivity index (χ0n) is 15.6. The normalized spacial score (nSPS) is 16.3. The molecule has 0 radical (unpaired) electrons. The van der Waals surface area contributed by atoms with Crippen LogP contribution in [0.2, 0.25) is 0 Å². The molecule has 1 saturated heterocycles. The molecule has 140 valence electrons. The zero-order valence-corrected chi connectivity index (χ0v) is 15.6. The highest BCUT2D eigenvalue weighted by Crippen LogP contribution is 2.28. The maximum atomic E-state index is 13.6. The molecule has 2 heterocycles. The first-order chi connectivity index (χ1) is 13.3. The van der Waals surface area contributed by atoms with Gasteiger partial charge in [0.05, 0.1) is 5.92 Å². The number of aromatic nitrogens is 2. The Kier molecular flexibility index (Phi) is 5.18. The highest BCUT2D eigenvalue weighted by Gasteiger charge is 2.32. The van der Waals surface area contributed by atoms with Crippen LogP contribution in [0.1, 0.15) is 24.8 Å². The Morgan fingerprint density at radius 3 is 2.67 bits per heavy atom. The lowest BCUT2D eigenvalue weighted by Gasteiger charge is -2.37. The molecule has 0 bridgehead atoms. The smallest absolute Gasteiger partial charge is 0.251 e. The number of amides is 1. The van der Waals surface area contributed by atoms with E-state index in [0.29, 0.717) is 5.95 Å². The van der Waals surface area contributed by atoms with Crippen molar-refractivity contribution >= 4 is 22.6 Å². The minimum absolute atomic E-state index is 0.0598. The van der Waals surface area contributed by atoms with Crippen molar-refractivity contribution in [2.45, 2.75) is 19.3 Å². The third-order valence-corrected chi connectivity index (χ3v) is 5.15. The molecule has 1 aliphatic heterocycles. The molecule has 1 fully saturated rings. The summed E-state index contributed by atoms with van der Waals surface area (Å²) in [5, 5.41) is 9.51. The van der Waals surface area contributed by atoms with E-state index in [0.717, 1.165) is 43.5 Å². The first kappa shape index (κ1) is 17.7. The van der Waals surface area contributed by atoms with Gasteiger partial charge in [-0.3, -0.25) is 4.79 Å². The molecule has 2 N–H and O–H groups in total. The standard InChI is InChI=1S/C21H25N5O/c1-2-19(18-8-7-16-5-3-4-6-17(16)15-18)20(27)26(21-23-9-10-24-21)25-13-11-22-12-14-25/h3-10,15,19,22H,2,11-14H2,1H3,(H,23,24). The molecule has 1 aliphatic rings. The van der Waals surface area contributed by atoms with Gasteiger partial charge in [0.25, 0.3) is 5.91 Å². The molecule has 2 aromatic carbocycles. The Morgan fingerprint density at radius 1 is 1.19 bits per heavy atom. The molecule has 0 saturated carbocycles. The maximum Gasteiger partial charge on any atom is 0.251 e. The lowest BCUT2D eigenvalue weighted by Crippen LogP contribution is -2.56. The highest BCUT2D eigenvalue weighted by atomic mass is 16.2. The number of anilines is 1.